The third kappa shape index (κ3) is 8.68. The minimum absolute atomic E-state index is 0.0817. The molecule has 0 atom stereocenters. The van der Waals surface area contributed by atoms with Gasteiger partial charge in [-0.15, -0.1) is 0 Å². The fourth-order valence-corrected chi connectivity index (χ4v) is 2.68. The van der Waals surface area contributed by atoms with Crippen LogP contribution in [0.3, 0.4) is 0 Å². The normalized spacial score (nSPS) is 11.3. The molecule has 1 aromatic carbocycles. The van der Waals surface area contributed by atoms with E-state index in [9.17, 15) is 13.2 Å². The van der Waals surface area contributed by atoms with Crippen molar-refractivity contribution in [3.8, 4) is 0 Å². The van der Waals surface area contributed by atoms with Crippen molar-refractivity contribution in [2.45, 2.75) is 37.5 Å². The average Bonchev–Trinajstić information content (AvgIpc) is 2.55. The molecule has 0 unspecified atom stereocenters. The van der Waals surface area contributed by atoms with Crippen LogP contribution in [0.15, 0.2) is 35.2 Å². The fourth-order valence-electron chi connectivity index (χ4n) is 1.77. The van der Waals surface area contributed by atoms with Crippen molar-refractivity contribution in [2.75, 3.05) is 26.4 Å². The number of carbonyl (C=O) groups excluding carboxylic acids is 1. The molecule has 23 heavy (non-hydrogen) atoms. The zero-order valence-electron chi connectivity index (χ0n) is 13.4. The molecule has 0 saturated heterocycles. The lowest BCUT2D eigenvalue weighted by Gasteiger charge is -2.07. The van der Waals surface area contributed by atoms with Crippen LogP contribution in [0.4, 0.5) is 0 Å². The Bertz CT molecular complexity index is 541. The van der Waals surface area contributed by atoms with Gasteiger partial charge in [-0.1, -0.05) is 38.0 Å². The molecule has 6 nitrogen and oxygen atoms in total. The van der Waals surface area contributed by atoms with Gasteiger partial charge in [0.05, 0.1) is 24.7 Å². The third-order valence-corrected chi connectivity index (χ3v) is 4.30. The molecule has 1 rings (SSSR count). The fraction of sp³-hybridized carbons (Fsp3) is 0.562. The van der Waals surface area contributed by atoms with Crippen molar-refractivity contribution in [1.29, 1.82) is 0 Å². The van der Waals surface area contributed by atoms with Gasteiger partial charge in [0.15, 0.2) is 0 Å². The van der Waals surface area contributed by atoms with Gasteiger partial charge in [0.1, 0.15) is 6.61 Å². The molecule has 0 N–H and O–H groups in total. The van der Waals surface area contributed by atoms with Crippen LogP contribution < -0.4 is 0 Å². The van der Waals surface area contributed by atoms with Crippen LogP contribution in [0.2, 0.25) is 0 Å². The van der Waals surface area contributed by atoms with Crippen LogP contribution >= 0.6 is 0 Å². The molecule has 0 fully saturated rings. The molecule has 0 bridgehead atoms. The Kier molecular flexibility index (Phi) is 9.51. The van der Waals surface area contributed by atoms with E-state index in [0.717, 1.165) is 19.3 Å². The second-order valence-electron chi connectivity index (χ2n) is 4.88. The Labute approximate surface area is 137 Å². The summed E-state index contributed by atoms with van der Waals surface area (Å²) < 4.78 is 38.6. The highest BCUT2D eigenvalue weighted by molar-refractivity contribution is 7.86. The molecule has 0 amide bonds. The first-order valence-corrected chi connectivity index (χ1v) is 9.15. The standard InChI is InChI=1S/C16H24O6S/c1-2-3-5-10-16(17)21-13-11-20-12-14-22-23(18,19)15-8-6-4-7-9-15/h4,6-9H,2-3,5,10-14H2,1H3. The quantitative estimate of drug-likeness (QED) is 0.329. The number of benzene rings is 1. The van der Waals surface area contributed by atoms with Gasteiger partial charge in [0.2, 0.25) is 0 Å². The number of hydrogen-bond acceptors (Lipinski definition) is 6. The summed E-state index contributed by atoms with van der Waals surface area (Å²) in [5.41, 5.74) is 0. The van der Waals surface area contributed by atoms with E-state index in [2.05, 4.69) is 6.92 Å². The molecule has 0 heterocycles. The predicted octanol–water partition coefficient (Wildman–Crippen LogP) is 2.53. The lowest BCUT2D eigenvalue weighted by atomic mass is 10.2. The highest BCUT2D eigenvalue weighted by atomic mass is 32.2. The van der Waals surface area contributed by atoms with Crippen molar-refractivity contribution in [2.24, 2.45) is 0 Å². The van der Waals surface area contributed by atoms with Crippen molar-refractivity contribution in [3.05, 3.63) is 30.3 Å². The molecule has 0 aliphatic heterocycles. The molecule has 0 aromatic heterocycles. The van der Waals surface area contributed by atoms with Crippen LogP contribution in [0, 0.1) is 0 Å². The van der Waals surface area contributed by atoms with E-state index in [4.69, 9.17) is 13.7 Å². The SMILES string of the molecule is CCCCCC(=O)OCCOCCOS(=O)(=O)c1ccccc1. The van der Waals surface area contributed by atoms with E-state index in [1.165, 1.54) is 12.1 Å². The van der Waals surface area contributed by atoms with Crippen molar-refractivity contribution in [1.82, 2.24) is 0 Å². The van der Waals surface area contributed by atoms with Gasteiger partial charge in [-0.25, -0.2) is 0 Å². The average molecular weight is 344 g/mol. The maximum absolute atomic E-state index is 11.8. The molecular formula is C16H24O6S. The number of unbranched alkanes of at least 4 members (excludes halogenated alkanes) is 2. The van der Waals surface area contributed by atoms with E-state index in [1.54, 1.807) is 18.2 Å². The van der Waals surface area contributed by atoms with Gasteiger partial charge in [-0.05, 0) is 18.6 Å². The van der Waals surface area contributed by atoms with Crippen molar-refractivity contribution < 1.29 is 26.9 Å². The van der Waals surface area contributed by atoms with Gasteiger partial charge < -0.3 is 9.47 Å². The molecule has 1 aromatic rings. The Balaban J connectivity index is 2.06. The molecule has 7 heteroatoms. The van der Waals surface area contributed by atoms with E-state index in [-0.39, 0.29) is 37.3 Å². The zero-order chi connectivity index (χ0) is 17.0. The number of ether oxygens (including phenoxy) is 2. The van der Waals surface area contributed by atoms with Gasteiger partial charge in [0.25, 0.3) is 10.1 Å². The molecule has 0 aliphatic rings. The summed E-state index contributed by atoms with van der Waals surface area (Å²) in [4.78, 5) is 11.4. The molecular weight excluding hydrogens is 320 g/mol. The second kappa shape index (κ2) is 11.2. The smallest absolute Gasteiger partial charge is 0.305 e. The van der Waals surface area contributed by atoms with Gasteiger partial charge in [-0.2, -0.15) is 8.42 Å². The predicted molar refractivity (Wildman–Crippen MR) is 85.5 cm³/mol. The van der Waals surface area contributed by atoms with E-state index in [1.807, 2.05) is 0 Å². The molecule has 130 valence electrons. The highest BCUT2D eigenvalue weighted by Gasteiger charge is 2.13. The molecule has 0 saturated carbocycles. The lowest BCUT2D eigenvalue weighted by molar-refractivity contribution is -0.145. The van der Waals surface area contributed by atoms with Gasteiger partial charge >= 0.3 is 5.97 Å². The van der Waals surface area contributed by atoms with E-state index >= 15 is 0 Å². The topological polar surface area (TPSA) is 78.9 Å². The summed E-state index contributed by atoms with van der Waals surface area (Å²) in [6.07, 6.45) is 3.33. The highest BCUT2D eigenvalue weighted by Crippen LogP contribution is 2.10. The maximum Gasteiger partial charge on any atom is 0.305 e. The third-order valence-electron chi connectivity index (χ3n) is 2.97. The van der Waals surface area contributed by atoms with E-state index < -0.39 is 10.1 Å². The first-order valence-electron chi connectivity index (χ1n) is 7.74. The molecule has 0 aliphatic carbocycles. The number of rotatable bonds is 12. The van der Waals surface area contributed by atoms with E-state index in [0.29, 0.717) is 6.42 Å². The van der Waals surface area contributed by atoms with Crippen LogP contribution in [-0.4, -0.2) is 40.8 Å². The van der Waals surface area contributed by atoms with Crippen LogP contribution in [-0.2, 0) is 28.6 Å². The summed E-state index contributed by atoms with van der Waals surface area (Å²) >= 11 is 0. The number of esters is 1. The molecule has 0 spiro atoms. The summed E-state index contributed by atoms with van der Waals surface area (Å²) in [5.74, 6) is -0.232. The number of hydrogen-bond donors (Lipinski definition) is 0. The summed E-state index contributed by atoms with van der Waals surface area (Å²) in [5, 5.41) is 0. The first-order chi connectivity index (χ1) is 11.1. The minimum atomic E-state index is -3.74. The minimum Gasteiger partial charge on any atom is -0.463 e. The lowest BCUT2D eigenvalue weighted by Crippen LogP contribution is -2.15. The maximum atomic E-state index is 11.8. The monoisotopic (exact) mass is 344 g/mol. The largest absolute Gasteiger partial charge is 0.463 e. The van der Waals surface area contributed by atoms with Crippen LogP contribution in [0.5, 0.6) is 0 Å². The number of carbonyl (C=O) groups is 1. The zero-order valence-corrected chi connectivity index (χ0v) is 14.2. The van der Waals surface area contributed by atoms with Gasteiger partial charge in [0, 0.05) is 6.42 Å². The van der Waals surface area contributed by atoms with Crippen LogP contribution in [0.1, 0.15) is 32.6 Å². The Morgan fingerprint density at radius 3 is 2.39 bits per heavy atom. The summed E-state index contributed by atoms with van der Waals surface area (Å²) in [7, 11) is -3.74. The Hall–Kier alpha value is -1.44. The van der Waals surface area contributed by atoms with Crippen molar-refractivity contribution >= 4 is 16.1 Å². The van der Waals surface area contributed by atoms with Gasteiger partial charge in [-0.3, -0.25) is 8.98 Å². The first kappa shape index (κ1) is 19.6. The Morgan fingerprint density at radius 1 is 1.00 bits per heavy atom. The summed E-state index contributed by atoms with van der Waals surface area (Å²) in [6.45, 7) is 2.48. The second-order valence-corrected chi connectivity index (χ2v) is 6.49. The molecule has 0 radical (unpaired) electrons. The Morgan fingerprint density at radius 2 is 1.70 bits per heavy atom. The van der Waals surface area contributed by atoms with Crippen LogP contribution in [0.25, 0.3) is 0 Å². The van der Waals surface area contributed by atoms with Crippen molar-refractivity contribution in [3.63, 3.8) is 0 Å². The summed E-state index contributed by atoms with van der Waals surface area (Å²) in [6, 6.07) is 7.91.